The Morgan fingerprint density at radius 3 is 2.48 bits per heavy atom. The monoisotopic (exact) mass is 389 g/mol. The molecule has 0 bridgehead atoms. The van der Waals surface area contributed by atoms with Crippen LogP contribution in [0.25, 0.3) is 0 Å². The zero-order chi connectivity index (χ0) is 15.6. The van der Waals surface area contributed by atoms with Gasteiger partial charge in [0.25, 0.3) is 0 Å². The molecule has 2 aromatic rings. The quantitative estimate of drug-likeness (QED) is 0.699. The molecule has 0 aliphatic rings. The Morgan fingerprint density at radius 1 is 1.14 bits per heavy atom. The summed E-state index contributed by atoms with van der Waals surface area (Å²) in [5.74, 6) is 2.42. The van der Waals surface area contributed by atoms with Gasteiger partial charge >= 0.3 is 0 Å². The van der Waals surface area contributed by atoms with E-state index in [1.807, 2.05) is 13.8 Å². The van der Waals surface area contributed by atoms with Gasteiger partial charge in [-0.3, -0.25) is 0 Å². The molecule has 112 valence electrons. The summed E-state index contributed by atoms with van der Waals surface area (Å²) in [6.45, 7) is 4.03. The van der Waals surface area contributed by atoms with Gasteiger partial charge in [-0.2, -0.15) is 4.98 Å². The highest BCUT2D eigenvalue weighted by atomic mass is 79.9. The van der Waals surface area contributed by atoms with E-state index >= 15 is 0 Å². The van der Waals surface area contributed by atoms with Crippen molar-refractivity contribution in [2.75, 3.05) is 12.4 Å². The number of rotatable bonds is 4. The van der Waals surface area contributed by atoms with Gasteiger partial charge in [0, 0.05) is 29.6 Å². The van der Waals surface area contributed by atoms with Crippen molar-refractivity contribution in [1.82, 2.24) is 9.97 Å². The molecule has 1 aromatic heterocycles. The Kier molecular flexibility index (Phi) is 5.30. The van der Waals surface area contributed by atoms with E-state index < -0.39 is 0 Å². The van der Waals surface area contributed by atoms with Crippen molar-refractivity contribution < 1.29 is 4.74 Å². The molecule has 0 spiro atoms. The normalized spacial score (nSPS) is 10.8. The van der Waals surface area contributed by atoms with Crippen LogP contribution in [-0.4, -0.2) is 17.0 Å². The number of anilines is 1. The SMILES string of the molecule is CNc1cc(Oc2cc(Cl)c(Br)cc2Cl)nc(C(C)C)n1. The fraction of sp³-hybridized carbons (Fsp3) is 0.286. The lowest BCUT2D eigenvalue weighted by atomic mass is 10.2. The summed E-state index contributed by atoms with van der Waals surface area (Å²) in [7, 11) is 1.79. The summed E-state index contributed by atoms with van der Waals surface area (Å²) in [5, 5.41) is 3.95. The molecule has 1 aromatic carbocycles. The predicted octanol–water partition coefficient (Wildman–Crippen LogP) is 5.50. The average Bonchev–Trinajstić information content (AvgIpc) is 2.44. The first-order valence-corrected chi connectivity index (χ1v) is 7.84. The number of halogens is 3. The Morgan fingerprint density at radius 2 is 1.86 bits per heavy atom. The smallest absolute Gasteiger partial charge is 0.224 e. The van der Waals surface area contributed by atoms with Crippen molar-refractivity contribution >= 4 is 44.9 Å². The molecule has 0 radical (unpaired) electrons. The minimum Gasteiger partial charge on any atom is -0.437 e. The van der Waals surface area contributed by atoms with Gasteiger partial charge in [0.05, 0.1) is 10.0 Å². The van der Waals surface area contributed by atoms with Gasteiger partial charge in [-0.1, -0.05) is 37.0 Å². The molecule has 0 atom stereocenters. The van der Waals surface area contributed by atoms with E-state index in [4.69, 9.17) is 27.9 Å². The molecular weight excluding hydrogens is 377 g/mol. The third-order valence-electron chi connectivity index (χ3n) is 2.68. The van der Waals surface area contributed by atoms with Crippen molar-refractivity contribution in [3.8, 4) is 11.6 Å². The first-order chi connectivity index (χ1) is 9.90. The minimum atomic E-state index is 0.185. The highest BCUT2D eigenvalue weighted by molar-refractivity contribution is 9.10. The van der Waals surface area contributed by atoms with E-state index in [9.17, 15) is 0 Å². The van der Waals surface area contributed by atoms with E-state index in [-0.39, 0.29) is 5.92 Å². The third kappa shape index (κ3) is 3.99. The van der Waals surface area contributed by atoms with Gasteiger partial charge in [0.15, 0.2) is 0 Å². The van der Waals surface area contributed by atoms with Crippen LogP contribution in [0.3, 0.4) is 0 Å². The molecule has 2 rings (SSSR count). The van der Waals surface area contributed by atoms with Crippen molar-refractivity contribution in [3.05, 3.63) is 38.5 Å². The fourth-order valence-corrected chi connectivity index (χ4v) is 2.41. The number of hydrogen-bond donors (Lipinski definition) is 1. The Bertz CT molecular complexity index is 665. The maximum absolute atomic E-state index is 6.15. The molecule has 0 fully saturated rings. The second kappa shape index (κ2) is 6.81. The van der Waals surface area contributed by atoms with E-state index in [0.717, 1.165) is 0 Å². The minimum absolute atomic E-state index is 0.185. The lowest BCUT2D eigenvalue weighted by Crippen LogP contribution is -2.03. The average molecular weight is 391 g/mol. The number of hydrogen-bond acceptors (Lipinski definition) is 4. The molecule has 0 amide bonds. The number of ether oxygens (including phenoxy) is 1. The molecular formula is C14H14BrCl2N3O. The number of nitrogens with zero attached hydrogens (tertiary/aromatic N) is 2. The summed E-state index contributed by atoms with van der Waals surface area (Å²) in [5.41, 5.74) is 0. The van der Waals surface area contributed by atoms with Gasteiger partial charge in [-0.25, -0.2) is 4.98 Å². The molecule has 4 nitrogen and oxygen atoms in total. The second-order valence-corrected chi connectivity index (χ2v) is 6.32. The maximum atomic E-state index is 6.15. The van der Waals surface area contributed by atoms with Gasteiger partial charge in [-0.15, -0.1) is 0 Å². The molecule has 0 aliphatic heterocycles. The van der Waals surface area contributed by atoms with E-state index in [1.54, 1.807) is 25.2 Å². The molecule has 7 heteroatoms. The van der Waals surface area contributed by atoms with Crippen LogP contribution in [0.15, 0.2) is 22.7 Å². The van der Waals surface area contributed by atoms with E-state index in [0.29, 0.717) is 37.8 Å². The number of benzene rings is 1. The highest BCUT2D eigenvalue weighted by Gasteiger charge is 2.12. The van der Waals surface area contributed by atoms with Crippen LogP contribution in [0.5, 0.6) is 11.6 Å². The van der Waals surface area contributed by atoms with E-state index in [2.05, 4.69) is 31.2 Å². The Labute approximate surface area is 142 Å². The van der Waals surface area contributed by atoms with Crippen LogP contribution in [0.1, 0.15) is 25.6 Å². The van der Waals surface area contributed by atoms with Crippen LogP contribution >= 0.6 is 39.1 Å². The van der Waals surface area contributed by atoms with Gasteiger partial charge in [0.2, 0.25) is 5.88 Å². The van der Waals surface area contributed by atoms with Gasteiger partial charge in [0.1, 0.15) is 17.4 Å². The van der Waals surface area contributed by atoms with Crippen molar-refractivity contribution in [1.29, 1.82) is 0 Å². The molecule has 0 saturated carbocycles. The first kappa shape index (κ1) is 16.3. The Hall–Kier alpha value is -1.04. The zero-order valence-electron chi connectivity index (χ0n) is 11.7. The standard InChI is InChI=1S/C14H14BrCl2N3O/c1-7(2)14-19-12(18-3)6-13(20-14)21-11-5-9(16)8(15)4-10(11)17/h4-7H,1-3H3,(H,18,19,20). The van der Waals surface area contributed by atoms with Crippen molar-refractivity contribution in [2.45, 2.75) is 19.8 Å². The lowest BCUT2D eigenvalue weighted by molar-refractivity contribution is 0.457. The van der Waals surface area contributed by atoms with Gasteiger partial charge < -0.3 is 10.1 Å². The molecule has 21 heavy (non-hydrogen) atoms. The molecule has 0 aliphatic carbocycles. The van der Waals surface area contributed by atoms with Crippen LogP contribution in [0, 0.1) is 0 Å². The summed E-state index contributed by atoms with van der Waals surface area (Å²) < 4.78 is 6.46. The summed E-state index contributed by atoms with van der Waals surface area (Å²) >= 11 is 15.5. The first-order valence-electron chi connectivity index (χ1n) is 6.30. The molecule has 0 unspecified atom stereocenters. The maximum Gasteiger partial charge on any atom is 0.224 e. The van der Waals surface area contributed by atoms with Crippen LogP contribution < -0.4 is 10.1 Å². The second-order valence-electron chi connectivity index (χ2n) is 4.65. The van der Waals surface area contributed by atoms with Crippen LogP contribution in [-0.2, 0) is 0 Å². The highest BCUT2D eigenvalue weighted by Crippen LogP contribution is 2.36. The molecule has 0 saturated heterocycles. The molecule has 1 N–H and O–H groups in total. The zero-order valence-corrected chi connectivity index (χ0v) is 14.8. The van der Waals surface area contributed by atoms with Crippen molar-refractivity contribution in [3.63, 3.8) is 0 Å². The molecule has 1 heterocycles. The van der Waals surface area contributed by atoms with Crippen LogP contribution in [0.4, 0.5) is 5.82 Å². The van der Waals surface area contributed by atoms with Crippen molar-refractivity contribution in [2.24, 2.45) is 0 Å². The van der Waals surface area contributed by atoms with Crippen LogP contribution in [0.2, 0.25) is 10.0 Å². The fourth-order valence-electron chi connectivity index (χ4n) is 1.58. The summed E-state index contributed by atoms with van der Waals surface area (Å²) in [4.78, 5) is 8.76. The predicted molar refractivity (Wildman–Crippen MR) is 89.9 cm³/mol. The van der Waals surface area contributed by atoms with Gasteiger partial charge in [-0.05, 0) is 22.0 Å². The Balaban J connectivity index is 2.39. The summed E-state index contributed by atoms with van der Waals surface area (Å²) in [6.07, 6.45) is 0. The number of nitrogens with one attached hydrogen (secondary N) is 1. The van der Waals surface area contributed by atoms with E-state index in [1.165, 1.54) is 0 Å². The number of aromatic nitrogens is 2. The lowest BCUT2D eigenvalue weighted by Gasteiger charge is -2.12. The topological polar surface area (TPSA) is 47.0 Å². The summed E-state index contributed by atoms with van der Waals surface area (Å²) in [6, 6.07) is 5.03. The third-order valence-corrected chi connectivity index (χ3v) is 4.17. The largest absolute Gasteiger partial charge is 0.437 e.